The second-order valence-corrected chi connectivity index (χ2v) is 2.75. The van der Waals surface area contributed by atoms with Gasteiger partial charge in [0, 0.05) is 11.8 Å². The highest BCUT2D eigenvalue weighted by Crippen LogP contribution is 2.14. The number of aliphatic carboxylic acids is 1. The van der Waals surface area contributed by atoms with Crippen LogP contribution in [0.15, 0.2) is 24.3 Å². The van der Waals surface area contributed by atoms with Crippen molar-refractivity contribution < 1.29 is 19.8 Å². The number of rotatable bonds is 3. The fraction of sp³-hybridized carbons (Fsp3) is 0.111. The van der Waals surface area contributed by atoms with Gasteiger partial charge in [-0.1, -0.05) is 6.07 Å². The van der Waals surface area contributed by atoms with Gasteiger partial charge in [-0.05, 0) is 12.1 Å². The fourth-order valence-electron chi connectivity index (χ4n) is 0.915. The molecule has 0 aliphatic carbocycles. The average molecular weight is 210 g/mol. The Hall–Kier alpha value is -2.24. The van der Waals surface area contributed by atoms with Gasteiger partial charge in [-0.2, -0.15) is 0 Å². The first-order valence-electron chi connectivity index (χ1n) is 4.13. The molecule has 1 aromatic carbocycles. The van der Waals surface area contributed by atoms with Crippen LogP contribution in [0.5, 0.6) is 5.75 Å². The van der Waals surface area contributed by atoms with E-state index in [1.165, 1.54) is 12.1 Å². The molecule has 0 spiro atoms. The van der Waals surface area contributed by atoms with Crippen molar-refractivity contribution >= 4 is 17.7 Å². The molecule has 6 nitrogen and oxygen atoms in total. The number of carboxylic acids is 1. The van der Waals surface area contributed by atoms with Gasteiger partial charge in [0.25, 0.3) is 0 Å². The van der Waals surface area contributed by atoms with E-state index in [0.29, 0.717) is 5.69 Å². The third-order valence-corrected chi connectivity index (χ3v) is 1.50. The van der Waals surface area contributed by atoms with Crippen LogP contribution in [0.25, 0.3) is 0 Å². The van der Waals surface area contributed by atoms with Gasteiger partial charge >= 0.3 is 12.0 Å². The van der Waals surface area contributed by atoms with Crippen molar-refractivity contribution in [1.29, 1.82) is 0 Å². The van der Waals surface area contributed by atoms with E-state index in [1.807, 2.05) is 0 Å². The lowest BCUT2D eigenvalue weighted by Gasteiger charge is -2.05. The van der Waals surface area contributed by atoms with Gasteiger partial charge in [0.05, 0.1) is 0 Å². The molecule has 1 rings (SSSR count). The molecular formula is C9H10N2O4. The van der Waals surface area contributed by atoms with Crippen LogP contribution < -0.4 is 10.6 Å². The lowest BCUT2D eigenvalue weighted by Crippen LogP contribution is -2.33. The van der Waals surface area contributed by atoms with E-state index >= 15 is 0 Å². The molecule has 4 N–H and O–H groups in total. The Morgan fingerprint density at radius 2 is 2.07 bits per heavy atom. The third kappa shape index (κ3) is 3.99. The summed E-state index contributed by atoms with van der Waals surface area (Å²) >= 11 is 0. The number of carbonyl (C=O) groups excluding carboxylic acids is 1. The second kappa shape index (κ2) is 4.85. The molecule has 0 heterocycles. The number of carboxylic acid groups (broad SMARTS) is 1. The number of phenolic OH excluding ortho intramolecular Hbond substituents is 1. The minimum atomic E-state index is -1.12. The Labute approximate surface area is 85.5 Å². The third-order valence-electron chi connectivity index (χ3n) is 1.50. The summed E-state index contributed by atoms with van der Waals surface area (Å²) < 4.78 is 0. The second-order valence-electron chi connectivity index (χ2n) is 2.75. The van der Waals surface area contributed by atoms with Gasteiger partial charge in [-0.25, -0.2) is 4.79 Å². The summed E-state index contributed by atoms with van der Waals surface area (Å²) in [6.45, 7) is -0.454. The summed E-state index contributed by atoms with van der Waals surface area (Å²) in [4.78, 5) is 21.2. The zero-order chi connectivity index (χ0) is 11.3. The lowest BCUT2D eigenvalue weighted by atomic mass is 10.3. The molecule has 0 fully saturated rings. The Bertz CT molecular complexity index is 378. The Kier molecular flexibility index (Phi) is 3.50. The molecule has 0 radical (unpaired) electrons. The Morgan fingerprint density at radius 3 is 2.67 bits per heavy atom. The molecule has 0 aliphatic heterocycles. The Balaban J connectivity index is 2.48. The standard InChI is InChI=1S/C9H10N2O4/c12-7-3-1-2-6(4-7)11-9(15)10-5-8(13)14/h1-4,12H,5H2,(H,13,14)(H2,10,11,15). The first-order valence-corrected chi connectivity index (χ1v) is 4.13. The van der Waals surface area contributed by atoms with Crippen molar-refractivity contribution in [3.8, 4) is 5.75 Å². The number of carbonyl (C=O) groups is 2. The van der Waals surface area contributed by atoms with Gasteiger partial charge in [0.15, 0.2) is 0 Å². The van der Waals surface area contributed by atoms with Gasteiger partial charge < -0.3 is 20.8 Å². The number of amides is 2. The molecule has 0 aliphatic rings. The predicted molar refractivity (Wildman–Crippen MR) is 52.8 cm³/mol. The number of aromatic hydroxyl groups is 1. The van der Waals surface area contributed by atoms with Crippen LogP contribution in [-0.2, 0) is 4.79 Å². The number of anilines is 1. The van der Waals surface area contributed by atoms with Crippen molar-refractivity contribution in [3.63, 3.8) is 0 Å². The van der Waals surface area contributed by atoms with Crippen molar-refractivity contribution in [2.75, 3.05) is 11.9 Å². The van der Waals surface area contributed by atoms with Gasteiger partial charge in [-0.15, -0.1) is 0 Å². The first-order chi connectivity index (χ1) is 7.08. The maximum atomic E-state index is 11.1. The molecule has 0 saturated carbocycles. The van der Waals surface area contributed by atoms with Crippen LogP contribution in [0.3, 0.4) is 0 Å². The topological polar surface area (TPSA) is 98.7 Å². The highest BCUT2D eigenvalue weighted by molar-refractivity contribution is 5.91. The molecule has 2 amide bonds. The van der Waals surface area contributed by atoms with Crippen LogP contribution in [0.4, 0.5) is 10.5 Å². The summed E-state index contributed by atoms with van der Waals surface area (Å²) in [6.07, 6.45) is 0. The summed E-state index contributed by atoms with van der Waals surface area (Å²) in [7, 11) is 0. The first kappa shape index (κ1) is 10.8. The average Bonchev–Trinajstić information content (AvgIpc) is 2.15. The molecule has 0 unspecified atom stereocenters. The molecule has 6 heteroatoms. The van der Waals surface area contributed by atoms with Crippen molar-refractivity contribution in [1.82, 2.24) is 5.32 Å². The SMILES string of the molecule is O=C(O)CNC(=O)Nc1cccc(O)c1. The van der Waals surface area contributed by atoms with Crippen molar-refractivity contribution in [3.05, 3.63) is 24.3 Å². The molecule has 15 heavy (non-hydrogen) atoms. The highest BCUT2D eigenvalue weighted by atomic mass is 16.4. The molecule has 0 aromatic heterocycles. The maximum absolute atomic E-state index is 11.1. The largest absolute Gasteiger partial charge is 0.508 e. The maximum Gasteiger partial charge on any atom is 0.323 e. The van der Waals surface area contributed by atoms with E-state index in [1.54, 1.807) is 12.1 Å². The quantitative estimate of drug-likeness (QED) is 0.587. The van der Waals surface area contributed by atoms with Crippen LogP contribution in [-0.4, -0.2) is 28.8 Å². The Morgan fingerprint density at radius 1 is 1.33 bits per heavy atom. The van der Waals surface area contributed by atoms with E-state index in [4.69, 9.17) is 10.2 Å². The molecule has 0 saturated heterocycles. The van der Waals surface area contributed by atoms with Gasteiger partial charge in [0.2, 0.25) is 0 Å². The van der Waals surface area contributed by atoms with E-state index in [9.17, 15) is 9.59 Å². The predicted octanol–water partition coefficient (Wildman–Crippen LogP) is 0.598. The van der Waals surface area contributed by atoms with E-state index in [-0.39, 0.29) is 5.75 Å². The van der Waals surface area contributed by atoms with Crippen molar-refractivity contribution in [2.24, 2.45) is 0 Å². The van der Waals surface area contributed by atoms with E-state index < -0.39 is 18.5 Å². The van der Waals surface area contributed by atoms with Crippen LogP contribution in [0, 0.1) is 0 Å². The van der Waals surface area contributed by atoms with Crippen molar-refractivity contribution in [2.45, 2.75) is 0 Å². The number of benzene rings is 1. The number of urea groups is 1. The zero-order valence-electron chi connectivity index (χ0n) is 7.73. The van der Waals surface area contributed by atoms with Crippen LogP contribution in [0.2, 0.25) is 0 Å². The van der Waals surface area contributed by atoms with Gasteiger partial charge in [0.1, 0.15) is 12.3 Å². The molecule has 1 aromatic rings. The zero-order valence-corrected chi connectivity index (χ0v) is 7.73. The molecule has 0 atom stereocenters. The lowest BCUT2D eigenvalue weighted by molar-refractivity contribution is -0.135. The minimum absolute atomic E-state index is 0.0195. The summed E-state index contributed by atoms with van der Waals surface area (Å²) in [6, 6.07) is 5.30. The minimum Gasteiger partial charge on any atom is -0.508 e. The molecule has 0 bridgehead atoms. The smallest absolute Gasteiger partial charge is 0.323 e. The fourth-order valence-corrected chi connectivity index (χ4v) is 0.915. The van der Waals surface area contributed by atoms with Gasteiger partial charge in [-0.3, -0.25) is 4.79 Å². The number of nitrogens with one attached hydrogen (secondary N) is 2. The number of hydrogen-bond donors (Lipinski definition) is 4. The van der Waals surface area contributed by atoms with Crippen LogP contribution >= 0.6 is 0 Å². The molecule has 80 valence electrons. The van der Waals surface area contributed by atoms with E-state index in [0.717, 1.165) is 0 Å². The summed E-state index contributed by atoms with van der Waals surface area (Å²) in [5.41, 5.74) is 0.387. The summed E-state index contributed by atoms with van der Waals surface area (Å²) in [5.74, 6) is -1.10. The number of phenols is 1. The monoisotopic (exact) mass is 210 g/mol. The molecular weight excluding hydrogens is 200 g/mol. The van der Waals surface area contributed by atoms with Crippen LogP contribution in [0.1, 0.15) is 0 Å². The summed E-state index contributed by atoms with van der Waals surface area (Å²) in [5, 5.41) is 21.9. The highest BCUT2D eigenvalue weighted by Gasteiger charge is 2.03. The normalized spacial score (nSPS) is 9.33. The van der Waals surface area contributed by atoms with E-state index in [2.05, 4.69) is 10.6 Å². The number of hydrogen-bond acceptors (Lipinski definition) is 3.